The first-order valence-corrected chi connectivity index (χ1v) is 13.7. The second-order valence-corrected chi connectivity index (χ2v) is 10.3. The third kappa shape index (κ3) is 5.61. The van der Waals surface area contributed by atoms with Crippen molar-refractivity contribution in [3.05, 3.63) is 124 Å². The maximum atomic E-state index is 12.1. The van der Waals surface area contributed by atoms with Crippen molar-refractivity contribution in [3.63, 3.8) is 0 Å². The summed E-state index contributed by atoms with van der Waals surface area (Å²) < 4.78 is 10.7. The van der Waals surface area contributed by atoms with Crippen molar-refractivity contribution < 1.29 is 14.3 Å². The van der Waals surface area contributed by atoms with Gasteiger partial charge in [-0.05, 0) is 66.1 Å². The predicted molar refractivity (Wildman–Crippen MR) is 152 cm³/mol. The molecule has 4 heteroatoms. The van der Waals surface area contributed by atoms with Gasteiger partial charge in [0.1, 0.15) is 5.75 Å². The SMILES string of the molecule is CCOC(=O)CCC1=CC=CC(c2ccc(OC)cc2)(c2cccc3c2CCN(Cc2ccccc2)C3)C1. The Kier molecular flexibility index (Phi) is 8.09. The molecule has 1 aliphatic carbocycles. The zero-order chi connectivity index (χ0) is 26.4. The quantitative estimate of drug-likeness (QED) is 0.300. The zero-order valence-electron chi connectivity index (χ0n) is 22.5. The van der Waals surface area contributed by atoms with E-state index in [0.29, 0.717) is 19.4 Å². The molecule has 0 spiro atoms. The maximum absolute atomic E-state index is 12.1. The van der Waals surface area contributed by atoms with Gasteiger partial charge in [-0.15, -0.1) is 0 Å². The molecule has 196 valence electrons. The summed E-state index contributed by atoms with van der Waals surface area (Å²) >= 11 is 0. The Morgan fingerprint density at radius 1 is 1.00 bits per heavy atom. The van der Waals surface area contributed by atoms with Crippen LogP contribution >= 0.6 is 0 Å². The highest BCUT2D eigenvalue weighted by atomic mass is 16.5. The highest BCUT2D eigenvalue weighted by Crippen LogP contribution is 2.45. The minimum Gasteiger partial charge on any atom is -0.497 e. The van der Waals surface area contributed by atoms with E-state index in [2.05, 4.69) is 95.9 Å². The molecule has 0 saturated carbocycles. The number of nitrogens with zero attached hydrogens (tertiary/aromatic N) is 1. The van der Waals surface area contributed by atoms with Gasteiger partial charge in [0, 0.05) is 31.5 Å². The largest absolute Gasteiger partial charge is 0.497 e. The molecule has 1 aliphatic heterocycles. The van der Waals surface area contributed by atoms with Crippen LogP contribution < -0.4 is 4.74 Å². The van der Waals surface area contributed by atoms with Gasteiger partial charge < -0.3 is 9.47 Å². The van der Waals surface area contributed by atoms with Crippen molar-refractivity contribution >= 4 is 5.97 Å². The van der Waals surface area contributed by atoms with Gasteiger partial charge in [0.2, 0.25) is 0 Å². The average molecular weight is 508 g/mol. The lowest BCUT2D eigenvalue weighted by Crippen LogP contribution is -2.34. The van der Waals surface area contributed by atoms with Crippen LogP contribution in [0, 0.1) is 0 Å². The Labute approximate surface area is 226 Å². The number of benzene rings is 3. The smallest absolute Gasteiger partial charge is 0.306 e. The molecule has 5 rings (SSSR count). The molecule has 0 saturated heterocycles. The number of rotatable bonds is 9. The lowest BCUT2D eigenvalue weighted by atomic mass is 9.65. The van der Waals surface area contributed by atoms with Crippen LogP contribution in [-0.4, -0.2) is 31.1 Å². The fourth-order valence-corrected chi connectivity index (χ4v) is 5.98. The molecular formula is C34H37NO3. The molecule has 1 heterocycles. The van der Waals surface area contributed by atoms with E-state index in [9.17, 15) is 4.79 Å². The van der Waals surface area contributed by atoms with Crippen molar-refractivity contribution in [1.82, 2.24) is 4.90 Å². The van der Waals surface area contributed by atoms with Gasteiger partial charge in [-0.1, -0.05) is 84.5 Å². The lowest BCUT2D eigenvalue weighted by Gasteiger charge is -2.39. The normalized spacial score (nSPS) is 18.9. The van der Waals surface area contributed by atoms with Gasteiger partial charge in [-0.25, -0.2) is 0 Å². The summed E-state index contributed by atoms with van der Waals surface area (Å²) in [5.41, 5.74) is 7.83. The number of hydrogen-bond donors (Lipinski definition) is 0. The van der Waals surface area contributed by atoms with Crippen LogP contribution in [0.5, 0.6) is 5.75 Å². The van der Waals surface area contributed by atoms with E-state index in [1.165, 1.54) is 33.4 Å². The molecule has 1 unspecified atom stereocenters. The molecular weight excluding hydrogens is 470 g/mol. The third-order valence-electron chi connectivity index (χ3n) is 7.85. The number of methoxy groups -OCH3 is 1. The van der Waals surface area contributed by atoms with Crippen LogP contribution in [0.4, 0.5) is 0 Å². The summed E-state index contributed by atoms with van der Waals surface area (Å²) in [5, 5.41) is 0. The van der Waals surface area contributed by atoms with Crippen molar-refractivity contribution in [3.8, 4) is 5.75 Å². The highest BCUT2D eigenvalue weighted by molar-refractivity contribution is 5.69. The molecule has 0 bridgehead atoms. The maximum Gasteiger partial charge on any atom is 0.306 e. The van der Waals surface area contributed by atoms with E-state index in [-0.39, 0.29) is 11.4 Å². The van der Waals surface area contributed by atoms with Gasteiger partial charge in [-0.3, -0.25) is 9.69 Å². The van der Waals surface area contributed by atoms with E-state index in [0.717, 1.165) is 38.2 Å². The van der Waals surface area contributed by atoms with Gasteiger partial charge in [0.25, 0.3) is 0 Å². The second kappa shape index (κ2) is 11.8. The average Bonchev–Trinajstić information content (AvgIpc) is 2.96. The predicted octanol–water partition coefficient (Wildman–Crippen LogP) is 6.77. The molecule has 2 aliphatic rings. The van der Waals surface area contributed by atoms with Crippen LogP contribution in [0.15, 0.2) is 96.6 Å². The first kappa shape index (κ1) is 26.0. The number of carbonyl (C=O) groups excluding carboxylic acids is 1. The number of esters is 1. The van der Waals surface area contributed by atoms with Crippen LogP contribution in [0.3, 0.4) is 0 Å². The molecule has 4 nitrogen and oxygen atoms in total. The van der Waals surface area contributed by atoms with Crippen molar-refractivity contribution in [1.29, 1.82) is 0 Å². The molecule has 1 atom stereocenters. The van der Waals surface area contributed by atoms with Gasteiger partial charge in [-0.2, -0.15) is 0 Å². The summed E-state index contributed by atoms with van der Waals surface area (Å²) in [5.74, 6) is 0.724. The van der Waals surface area contributed by atoms with Crippen LogP contribution in [-0.2, 0) is 34.5 Å². The van der Waals surface area contributed by atoms with E-state index >= 15 is 0 Å². The van der Waals surface area contributed by atoms with Crippen LogP contribution in [0.2, 0.25) is 0 Å². The summed E-state index contributed by atoms with van der Waals surface area (Å²) in [6.07, 6.45) is 9.70. The Bertz CT molecular complexity index is 1310. The first-order chi connectivity index (χ1) is 18.6. The van der Waals surface area contributed by atoms with E-state index in [1.54, 1.807) is 7.11 Å². The Morgan fingerprint density at radius 2 is 1.82 bits per heavy atom. The van der Waals surface area contributed by atoms with Crippen molar-refractivity contribution in [2.45, 2.75) is 51.1 Å². The number of allylic oxidation sites excluding steroid dienone is 4. The molecule has 0 aromatic heterocycles. The number of ether oxygens (including phenoxy) is 2. The Hall–Kier alpha value is -3.63. The summed E-state index contributed by atoms with van der Waals surface area (Å²) in [7, 11) is 1.70. The summed E-state index contributed by atoms with van der Waals surface area (Å²) in [6.45, 7) is 5.23. The molecule has 0 fully saturated rings. The van der Waals surface area contributed by atoms with Crippen molar-refractivity contribution in [2.75, 3.05) is 20.3 Å². The lowest BCUT2D eigenvalue weighted by molar-refractivity contribution is -0.143. The van der Waals surface area contributed by atoms with Crippen LogP contribution in [0.1, 0.15) is 54.0 Å². The van der Waals surface area contributed by atoms with E-state index in [4.69, 9.17) is 9.47 Å². The topological polar surface area (TPSA) is 38.8 Å². The minimum atomic E-state index is -0.294. The number of carbonyl (C=O) groups is 1. The Balaban J connectivity index is 1.47. The standard InChI is InChI=1S/C34H37NO3/c1-3-38-33(36)19-14-26-11-8-21-34(23-26,29-15-17-30(37-2)18-16-29)32-13-7-12-28-25-35(22-20-31(28)32)24-27-9-5-4-6-10-27/h4-13,15-18,21H,3,14,19-20,22-25H2,1-2H3. The zero-order valence-corrected chi connectivity index (χ0v) is 22.5. The summed E-state index contributed by atoms with van der Waals surface area (Å²) in [6, 6.07) is 26.1. The summed E-state index contributed by atoms with van der Waals surface area (Å²) in [4.78, 5) is 14.7. The number of fused-ring (bicyclic) bond motifs is 1. The molecule has 0 radical (unpaired) electrons. The third-order valence-corrected chi connectivity index (χ3v) is 7.85. The highest BCUT2D eigenvalue weighted by Gasteiger charge is 2.37. The number of hydrogen-bond acceptors (Lipinski definition) is 4. The minimum absolute atomic E-state index is 0.131. The van der Waals surface area contributed by atoms with Gasteiger partial charge >= 0.3 is 5.97 Å². The van der Waals surface area contributed by atoms with Crippen LogP contribution in [0.25, 0.3) is 0 Å². The molecule has 0 N–H and O–H groups in total. The molecule has 38 heavy (non-hydrogen) atoms. The van der Waals surface area contributed by atoms with E-state index < -0.39 is 0 Å². The fraction of sp³-hybridized carbons (Fsp3) is 0.324. The molecule has 3 aromatic rings. The first-order valence-electron chi connectivity index (χ1n) is 13.7. The molecule has 0 amide bonds. The van der Waals surface area contributed by atoms with Gasteiger partial charge in [0.05, 0.1) is 13.7 Å². The van der Waals surface area contributed by atoms with E-state index in [1.807, 2.05) is 6.92 Å². The van der Waals surface area contributed by atoms with Gasteiger partial charge in [0.15, 0.2) is 0 Å². The second-order valence-electron chi connectivity index (χ2n) is 10.3. The monoisotopic (exact) mass is 507 g/mol. The molecule has 3 aromatic carbocycles. The fourth-order valence-electron chi connectivity index (χ4n) is 5.98. The Morgan fingerprint density at radius 3 is 2.58 bits per heavy atom. The van der Waals surface area contributed by atoms with Crippen molar-refractivity contribution in [2.24, 2.45) is 0 Å².